The van der Waals surface area contributed by atoms with Gasteiger partial charge in [0.05, 0.1) is 5.52 Å². The molecule has 6 nitrogen and oxygen atoms in total. The molecule has 0 atom stereocenters. The van der Waals surface area contributed by atoms with E-state index in [0.717, 1.165) is 16.6 Å². The van der Waals surface area contributed by atoms with Crippen LogP contribution in [0.5, 0.6) is 0 Å². The van der Waals surface area contributed by atoms with Gasteiger partial charge in [-0.05, 0) is 18.2 Å². The Labute approximate surface area is 97.5 Å². The molecule has 0 aliphatic carbocycles. The first-order chi connectivity index (χ1) is 8.25. The third kappa shape index (κ3) is 1.54. The van der Waals surface area contributed by atoms with E-state index in [-0.39, 0.29) is 6.03 Å². The topological polar surface area (TPSA) is 84.1 Å². The highest BCUT2D eigenvalue weighted by Gasteiger charge is 2.21. The summed E-state index contributed by atoms with van der Waals surface area (Å²) in [4.78, 5) is 21.3. The van der Waals surface area contributed by atoms with Gasteiger partial charge in [0.2, 0.25) is 0 Å². The first-order valence-electron chi connectivity index (χ1n) is 5.31. The number of carbonyl (C=O) groups is 1. The monoisotopic (exact) mass is 229 g/mol. The van der Waals surface area contributed by atoms with Crippen molar-refractivity contribution in [1.29, 1.82) is 0 Å². The highest BCUT2D eigenvalue weighted by Crippen LogP contribution is 2.24. The van der Waals surface area contributed by atoms with Crippen molar-refractivity contribution in [3.63, 3.8) is 0 Å². The molecule has 2 heterocycles. The zero-order valence-electron chi connectivity index (χ0n) is 9.05. The predicted molar refractivity (Wildman–Crippen MR) is 64.7 cm³/mol. The van der Waals surface area contributed by atoms with Gasteiger partial charge in [-0.2, -0.15) is 0 Å². The normalized spacial score (nSPS) is 15.3. The molecule has 17 heavy (non-hydrogen) atoms. The summed E-state index contributed by atoms with van der Waals surface area (Å²) in [5.41, 5.74) is 7.38. The largest absolute Gasteiger partial charge is 0.383 e. The maximum Gasteiger partial charge on any atom is 0.321 e. The number of nitrogens with one attached hydrogen (secondary N) is 1. The molecule has 86 valence electrons. The summed E-state index contributed by atoms with van der Waals surface area (Å²) in [5, 5.41) is 3.52. The lowest BCUT2D eigenvalue weighted by Crippen LogP contribution is -2.27. The van der Waals surface area contributed by atoms with Crippen LogP contribution >= 0.6 is 0 Å². The molecule has 0 spiro atoms. The van der Waals surface area contributed by atoms with Crippen LogP contribution in [0.3, 0.4) is 0 Å². The maximum atomic E-state index is 11.5. The van der Waals surface area contributed by atoms with Gasteiger partial charge in [-0.15, -0.1) is 0 Å². The van der Waals surface area contributed by atoms with Crippen molar-refractivity contribution in [2.24, 2.45) is 0 Å². The Hall–Kier alpha value is -2.37. The van der Waals surface area contributed by atoms with Crippen molar-refractivity contribution < 1.29 is 4.79 Å². The number of nitrogens with two attached hydrogens (primary N) is 1. The zero-order valence-corrected chi connectivity index (χ0v) is 9.05. The number of hydrogen-bond donors (Lipinski definition) is 2. The average Bonchev–Trinajstić information content (AvgIpc) is 2.76. The standard InChI is InChI=1S/C11H11N5O/c12-10-8-5-7(16-4-3-13-11(16)17)1-2-9(8)14-6-15-10/h1-2,5-6H,3-4H2,(H,13,17)(H2,12,14,15). The fraction of sp³-hybridized carbons (Fsp3) is 0.182. The molecular weight excluding hydrogens is 218 g/mol. The molecule has 1 fully saturated rings. The average molecular weight is 229 g/mol. The van der Waals surface area contributed by atoms with E-state index in [1.807, 2.05) is 18.2 Å². The van der Waals surface area contributed by atoms with Gasteiger partial charge in [-0.1, -0.05) is 0 Å². The van der Waals surface area contributed by atoms with Gasteiger partial charge in [0.15, 0.2) is 0 Å². The van der Waals surface area contributed by atoms with Crippen LogP contribution in [-0.4, -0.2) is 29.1 Å². The Morgan fingerprint density at radius 1 is 1.35 bits per heavy atom. The fourth-order valence-electron chi connectivity index (χ4n) is 1.95. The van der Waals surface area contributed by atoms with Crippen molar-refractivity contribution in [2.45, 2.75) is 0 Å². The maximum absolute atomic E-state index is 11.5. The SMILES string of the molecule is Nc1ncnc2ccc(N3CCNC3=O)cc12. The molecule has 1 aliphatic rings. The molecule has 2 amide bonds. The molecule has 1 aromatic carbocycles. The number of anilines is 2. The molecule has 1 saturated heterocycles. The van der Waals surface area contributed by atoms with Gasteiger partial charge in [-0.3, -0.25) is 4.90 Å². The molecule has 6 heteroatoms. The number of carbonyl (C=O) groups excluding carboxylic acids is 1. The number of rotatable bonds is 1. The van der Waals surface area contributed by atoms with Crippen molar-refractivity contribution in [2.75, 3.05) is 23.7 Å². The van der Waals surface area contributed by atoms with Crippen LogP contribution < -0.4 is 16.0 Å². The van der Waals surface area contributed by atoms with E-state index in [1.54, 1.807) is 4.90 Å². The zero-order chi connectivity index (χ0) is 11.8. The Kier molecular flexibility index (Phi) is 2.07. The molecule has 3 rings (SSSR count). The second kappa shape index (κ2) is 3.58. The summed E-state index contributed by atoms with van der Waals surface area (Å²) >= 11 is 0. The second-order valence-electron chi connectivity index (χ2n) is 3.84. The van der Waals surface area contributed by atoms with Gasteiger partial charge in [0.1, 0.15) is 12.1 Å². The Balaban J connectivity index is 2.13. The third-order valence-electron chi connectivity index (χ3n) is 2.82. The molecule has 0 saturated carbocycles. The number of benzene rings is 1. The van der Waals surface area contributed by atoms with Crippen molar-refractivity contribution in [1.82, 2.24) is 15.3 Å². The summed E-state index contributed by atoms with van der Waals surface area (Å²) in [6.07, 6.45) is 1.43. The van der Waals surface area contributed by atoms with Crippen LogP contribution in [-0.2, 0) is 0 Å². The van der Waals surface area contributed by atoms with Crippen molar-refractivity contribution in [3.05, 3.63) is 24.5 Å². The van der Waals surface area contributed by atoms with E-state index in [4.69, 9.17) is 5.73 Å². The van der Waals surface area contributed by atoms with E-state index < -0.39 is 0 Å². The minimum atomic E-state index is -0.0835. The van der Waals surface area contributed by atoms with Gasteiger partial charge in [-0.25, -0.2) is 14.8 Å². The molecule has 0 radical (unpaired) electrons. The summed E-state index contributed by atoms with van der Waals surface area (Å²) < 4.78 is 0. The van der Waals surface area contributed by atoms with Crippen LogP contribution in [0.2, 0.25) is 0 Å². The fourth-order valence-corrected chi connectivity index (χ4v) is 1.95. The smallest absolute Gasteiger partial charge is 0.321 e. The van der Waals surface area contributed by atoms with E-state index in [2.05, 4.69) is 15.3 Å². The molecular formula is C11H11N5O. The Bertz CT molecular complexity index is 597. The third-order valence-corrected chi connectivity index (χ3v) is 2.82. The summed E-state index contributed by atoms with van der Waals surface area (Å²) in [7, 11) is 0. The van der Waals surface area contributed by atoms with Crippen molar-refractivity contribution in [3.8, 4) is 0 Å². The first-order valence-corrected chi connectivity index (χ1v) is 5.31. The van der Waals surface area contributed by atoms with Crippen LogP contribution in [0.15, 0.2) is 24.5 Å². The van der Waals surface area contributed by atoms with E-state index >= 15 is 0 Å². The number of urea groups is 1. The highest BCUT2D eigenvalue weighted by molar-refractivity contribution is 5.98. The van der Waals surface area contributed by atoms with Crippen LogP contribution in [0.4, 0.5) is 16.3 Å². The molecule has 1 aromatic heterocycles. The van der Waals surface area contributed by atoms with Gasteiger partial charge < -0.3 is 11.1 Å². The number of nitrogens with zero attached hydrogens (tertiary/aromatic N) is 3. The molecule has 2 aromatic rings. The summed E-state index contributed by atoms with van der Waals surface area (Å²) in [6.45, 7) is 1.33. The molecule has 1 aliphatic heterocycles. The van der Waals surface area contributed by atoms with E-state index in [9.17, 15) is 4.79 Å². The van der Waals surface area contributed by atoms with Gasteiger partial charge in [0.25, 0.3) is 0 Å². The lowest BCUT2D eigenvalue weighted by Gasteiger charge is -2.14. The molecule has 0 bridgehead atoms. The minimum Gasteiger partial charge on any atom is -0.383 e. The van der Waals surface area contributed by atoms with Gasteiger partial charge in [0, 0.05) is 24.2 Å². The van der Waals surface area contributed by atoms with Crippen LogP contribution in [0, 0.1) is 0 Å². The Morgan fingerprint density at radius 3 is 3.00 bits per heavy atom. The number of hydrogen-bond acceptors (Lipinski definition) is 4. The minimum absolute atomic E-state index is 0.0835. The van der Waals surface area contributed by atoms with E-state index in [0.29, 0.717) is 18.9 Å². The lowest BCUT2D eigenvalue weighted by atomic mass is 10.2. The van der Waals surface area contributed by atoms with Gasteiger partial charge >= 0.3 is 6.03 Å². The Morgan fingerprint density at radius 2 is 2.24 bits per heavy atom. The number of fused-ring (bicyclic) bond motifs is 1. The second-order valence-corrected chi connectivity index (χ2v) is 3.84. The number of aromatic nitrogens is 2. The number of nitrogen functional groups attached to an aromatic ring is 1. The predicted octanol–water partition coefficient (Wildman–Crippen LogP) is 0.742. The molecule has 3 N–H and O–H groups in total. The number of amides is 2. The van der Waals surface area contributed by atoms with Crippen LogP contribution in [0.25, 0.3) is 10.9 Å². The van der Waals surface area contributed by atoms with E-state index in [1.165, 1.54) is 6.33 Å². The quantitative estimate of drug-likeness (QED) is 0.755. The van der Waals surface area contributed by atoms with Crippen molar-refractivity contribution >= 4 is 28.4 Å². The summed E-state index contributed by atoms with van der Waals surface area (Å²) in [6, 6.07) is 5.46. The van der Waals surface area contributed by atoms with Crippen LogP contribution in [0.1, 0.15) is 0 Å². The first kappa shape index (κ1) is 9.83. The highest BCUT2D eigenvalue weighted by atomic mass is 16.2. The lowest BCUT2D eigenvalue weighted by molar-refractivity contribution is 0.252. The summed E-state index contributed by atoms with van der Waals surface area (Å²) in [5.74, 6) is 0.427. The molecule has 0 unspecified atom stereocenters.